The van der Waals surface area contributed by atoms with Gasteiger partial charge in [-0.15, -0.1) is 0 Å². The molecule has 0 amide bonds. The van der Waals surface area contributed by atoms with Crippen molar-refractivity contribution in [1.29, 1.82) is 0 Å². The maximum atomic E-state index is 6.35. The van der Waals surface area contributed by atoms with E-state index in [1.807, 2.05) is 16.9 Å². The van der Waals surface area contributed by atoms with Crippen LogP contribution < -0.4 is 5.32 Å². The maximum Gasteiger partial charge on any atom is 0.0939 e. The Kier molecular flexibility index (Phi) is 5.15. The number of hydrogen-bond donors (Lipinski definition) is 1. The Bertz CT molecular complexity index is 565. The number of aryl methyl sites for hydroxylation is 2. The molecular weight excluding hydrogens is 272 g/mol. The molecule has 0 aliphatic rings. The molecular formula is C15H21ClN4. The van der Waals surface area contributed by atoms with E-state index in [1.165, 1.54) is 0 Å². The van der Waals surface area contributed by atoms with Gasteiger partial charge >= 0.3 is 0 Å². The summed E-state index contributed by atoms with van der Waals surface area (Å²) >= 11 is 6.35. The fraction of sp³-hybridized carbons (Fsp3) is 0.467. The Balaban J connectivity index is 2.47. The fourth-order valence-electron chi connectivity index (χ4n) is 2.32. The zero-order valence-corrected chi connectivity index (χ0v) is 13.0. The van der Waals surface area contributed by atoms with Gasteiger partial charge in [0.2, 0.25) is 0 Å². The number of aromatic nitrogens is 3. The monoisotopic (exact) mass is 292 g/mol. The molecule has 20 heavy (non-hydrogen) atoms. The second-order valence-corrected chi connectivity index (χ2v) is 5.19. The second kappa shape index (κ2) is 6.86. The maximum absolute atomic E-state index is 6.35. The van der Waals surface area contributed by atoms with Gasteiger partial charge in [-0.1, -0.05) is 24.6 Å². The minimum Gasteiger partial charge on any atom is -0.304 e. The van der Waals surface area contributed by atoms with Crippen molar-refractivity contribution in [2.75, 3.05) is 6.54 Å². The Morgan fingerprint density at radius 2 is 2.20 bits per heavy atom. The molecule has 5 heteroatoms. The van der Waals surface area contributed by atoms with Crippen LogP contribution in [0.25, 0.3) is 0 Å². The molecule has 0 aliphatic carbocycles. The van der Waals surface area contributed by atoms with E-state index in [2.05, 4.69) is 42.2 Å². The van der Waals surface area contributed by atoms with Crippen molar-refractivity contribution in [2.45, 2.75) is 39.8 Å². The molecule has 2 heterocycles. The fourth-order valence-corrected chi connectivity index (χ4v) is 2.57. The predicted molar refractivity (Wildman–Crippen MR) is 82.0 cm³/mol. The molecule has 4 nitrogen and oxygen atoms in total. The van der Waals surface area contributed by atoms with Gasteiger partial charge < -0.3 is 5.32 Å². The van der Waals surface area contributed by atoms with Crippen LogP contribution in [0.5, 0.6) is 0 Å². The third-order valence-corrected chi connectivity index (χ3v) is 3.62. The molecule has 2 aromatic heterocycles. The number of nitrogens with one attached hydrogen (secondary N) is 1. The van der Waals surface area contributed by atoms with Gasteiger partial charge in [0.15, 0.2) is 0 Å². The summed E-state index contributed by atoms with van der Waals surface area (Å²) in [6, 6.07) is 4.00. The van der Waals surface area contributed by atoms with Gasteiger partial charge in [-0.2, -0.15) is 5.10 Å². The lowest BCUT2D eigenvalue weighted by atomic mass is 10.0. The van der Waals surface area contributed by atoms with Gasteiger partial charge in [0.1, 0.15) is 0 Å². The highest BCUT2D eigenvalue weighted by molar-refractivity contribution is 6.31. The Hall–Kier alpha value is -1.39. The van der Waals surface area contributed by atoms with Crippen LogP contribution in [0, 0.1) is 6.92 Å². The van der Waals surface area contributed by atoms with Gasteiger partial charge in [0.05, 0.1) is 28.6 Å². The van der Waals surface area contributed by atoms with Gasteiger partial charge in [-0.25, -0.2) is 0 Å². The van der Waals surface area contributed by atoms with Gasteiger partial charge in [0.25, 0.3) is 0 Å². The number of pyridine rings is 1. The molecule has 0 bridgehead atoms. The lowest BCUT2D eigenvalue weighted by Gasteiger charge is -2.21. The van der Waals surface area contributed by atoms with E-state index >= 15 is 0 Å². The average molecular weight is 293 g/mol. The minimum absolute atomic E-state index is 0.0221. The average Bonchev–Trinajstić information content (AvgIpc) is 2.82. The second-order valence-electron chi connectivity index (χ2n) is 4.79. The summed E-state index contributed by atoms with van der Waals surface area (Å²) in [6.07, 6.45) is 4.59. The molecule has 0 radical (unpaired) electrons. The summed E-state index contributed by atoms with van der Waals surface area (Å²) in [6.45, 7) is 7.98. The molecule has 0 spiro atoms. The highest BCUT2D eigenvalue weighted by atomic mass is 35.5. The molecule has 1 unspecified atom stereocenters. The Morgan fingerprint density at radius 1 is 1.40 bits per heavy atom. The Morgan fingerprint density at radius 3 is 2.85 bits per heavy atom. The third-order valence-electron chi connectivity index (χ3n) is 3.33. The van der Waals surface area contributed by atoms with Crippen LogP contribution in [-0.2, 0) is 6.54 Å². The van der Waals surface area contributed by atoms with E-state index in [4.69, 9.17) is 11.6 Å². The summed E-state index contributed by atoms with van der Waals surface area (Å²) in [5.41, 5.74) is 3.16. The van der Waals surface area contributed by atoms with Crippen LogP contribution >= 0.6 is 11.6 Å². The molecule has 0 saturated heterocycles. The van der Waals surface area contributed by atoms with Crippen molar-refractivity contribution >= 4 is 11.6 Å². The van der Waals surface area contributed by atoms with Crippen LogP contribution in [0.15, 0.2) is 24.5 Å². The van der Waals surface area contributed by atoms with Crippen molar-refractivity contribution < 1.29 is 0 Å². The molecule has 2 aromatic rings. The van der Waals surface area contributed by atoms with E-state index in [0.717, 1.165) is 36.5 Å². The van der Waals surface area contributed by atoms with Crippen LogP contribution in [0.4, 0.5) is 0 Å². The highest BCUT2D eigenvalue weighted by Crippen LogP contribution is 2.28. The summed E-state index contributed by atoms with van der Waals surface area (Å²) in [4.78, 5) is 4.54. The van der Waals surface area contributed by atoms with Gasteiger partial charge in [-0.05, 0) is 38.4 Å². The lowest BCUT2D eigenvalue weighted by molar-refractivity contribution is 0.520. The van der Waals surface area contributed by atoms with E-state index in [0.29, 0.717) is 5.02 Å². The normalized spacial score (nSPS) is 12.6. The number of rotatable bonds is 6. The molecule has 1 atom stereocenters. The minimum atomic E-state index is -0.0221. The van der Waals surface area contributed by atoms with Crippen molar-refractivity contribution in [3.63, 3.8) is 0 Å². The van der Waals surface area contributed by atoms with E-state index in [9.17, 15) is 0 Å². The number of halogens is 1. The first-order valence-corrected chi connectivity index (χ1v) is 7.42. The molecule has 1 N–H and O–H groups in total. The SMILES string of the molecule is CCCNC(c1ncccc1C)c1c(Cl)cnn1CC. The Labute approximate surface area is 125 Å². The predicted octanol–water partition coefficient (Wildman–Crippen LogP) is 3.35. The molecule has 2 rings (SSSR count). The van der Waals surface area contributed by atoms with Gasteiger partial charge in [-0.3, -0.25) is 9.67 Å². The molecule has 108 valence electrons. The zero-order chi connectivity index (χ0) is 14.5. The molecule has 0 aliphatic heterocycles. The summed E-state index contributed by atoms with van der Waals surface area (Å²) in [7, 11) is 0. The van der Waals surface area contributed by atoms with Crippen LogP contribution in [0.3, 0.4) is 0 Å². The first-order chi connectivity index (χ1) is 9.69. The van der Waals surface area contributed by atoms with Crippen molar-refractivity contribution in [2.24, 2.45) is 0 Å². The quantitative estimate of drug-likeness (QED) is 0.888. The highest BCUT2D eigenvalue weighted by Gasteiger charge is 2.23. The van der Waals surface area contributed by atoms with Crippen molar-refractivity contribution in [3.05, 3.63) is 46.5 Å². The molecule has 0 saturated carbocycles. The van der Waals surface area contributed by atoms with Crippen molar-refractivity contribution in [1.82, 2.24) is 20.1 Å². The standard InChI is InChI=1S/C15H21ClN4/c1-4-8-17-14(13-11(3)7-6-9-18-13)15-12(16)10-19-20(15)5-2/h6-7,9-10,14,17H,4-5,8H2,1-3H3. The molecule has 0 aromatic carbocycles. The number of hydrogen-bond acceptors (Lipinski definition) is 3. The van der Waals surface area contributed by atoms with Crippen LogP contribution in [0.2, 0.25) is 5.02 Å². The largest absolute Gasteiger partial charge is 0.304 e. The van der Waals surface area contributed by atoms with Crippen LogP contribution in [-0.4, -0.2) is 21.3 Å². The van der Waals surface area contributed by atoms with E-state index in [1.54, 1.807) is 6.20 Å². The zero-order valence-electron chi connectivity index (χ0n) is 12.2. The van der Waals surface area contributed by atoms with Crippen molar-refractivity contribution in [3.8, 4) is 0 Å². The third kappa shape index (κ3) is 3.02. The first-order valence-electron chi connectivity index (χ1n) is 7.05. The first kappa shape index (κ1) is 15.0. The number of nitrogens with zero attached hydrogens (tertiary/aromatic N) is 3. The van der Waals surface area contributed by atoms with Crippen LogP contribution in [0.1, 0.15) is 43.3 Å². The van der Waals surface area contributed by atoms with E-state index in [-0.39, 0.29) is 6.04 Å². The van der Waals surface area contributed by atoms with E-state index < -0.39 is 0 Å². The smallest absolute Gasteiger partial charge is 0.0939 e. The molecule has 0 fully saturated rings. The topological polar surface area (TPSA) is 42.7 Å². The summed E-state index contributed by atoms with van der Waals surface area (Å²) < 4.78 is 1.93. The van der Waals surface area contributed by atoms with Gasteiger partial charge in [0, 0.05) is 12.7 Å². The summed E-state index contributed by atoms with van der Waals surface area (Å²) in [5, 5.41) is 8.56. The summed E-state index contributed by atoms with van der Waals surface area (Å²) in [5.74, 6) is 0. The lowest BCUT2D eigenvalue weighted by Crippen LogP contribution is -2.27.